The van der Waals surface area contributed by atoms with Crippen molar-refractivity contribution in [3.63, 3.8) is 0 Å². The fourth-order valence-corrected chi connectivity index (χ4v) is 2.98. The van der Waals surface area contributed by atoms with Crippen molar-refractivity contribution in [1.29, 1.82) is 0 Å². The molecule has 4 heteroatoms. The second-order valence-corrected chi connectivity index (χ2v) is 6.82. The van der Waals surface area contributed by atoms with E-state index in [1.165, 1.54) is 5.56 Å². The van der Waals surface area contributed by atoms with Crippen molar-refractivity contribution >= 4 is 22.7 Å². The van der Waals surface area contributed by atoms with Crippen molar-refractivity contribution in [3.8, 4) is 11.5 Å². The number of amides is 1. The van der Waals surface area contributed by atoms with E-state index in [9.17, 15) is 4.79 Å². The highest BCUT2D eigenvalue weighted by Gasteiger charge is 2.11. The van der Waals surface area contributed by atoms with Gasteiger partial charge in [-0.3, -0.25) is 4.79 Å². The molecule has 0 spiro atoms. The number of nitrogens with zero attached hydrogens (tertiary/aromatic N) is 1. The summed E-state index contributed by atoms with van der Waals surface area (Å²) in [6.45, 7) is 6.06. The Balaban J connectivity index is 1.61. The molecule has 0 radical (unpaired) electrons. The van der Waals surface area contributed by atoms with Crippen LogP contribution in [0.4, 0.5) is 5.69 Å². The van der Waals surface area contributed by atoms with Gasteiger partial charge in [-0.15, -0.1) is 0 Å². The molecule has 4 rings (SSSR count). The van der Waals surface area contributed by atoms with Crippen LogP contribution in [0.1, 0.15) is 27.0 Å². The van der Waals surface area contributed by atoms with E-state index in [-0.39, 0.29) is 5.91 Å². The number of benzene rings is 3. The Hall–Kier alpha value is -3.40. The molecule has 1 aromatic heterocycles. The van der Waals surface area contributed by atoms with Crippen molar-refractivity contribution in [2.45, 2.75) is 20.8 Å². The average Bonchev–Trinajstić information content (AvgIpc) is 3.07. The molecule has 0 saturated carbocycles. The minimum atomic E-state index is -0.136. The first kappa shape index (κ1) is 17.0. The maximum Gasteiger partial charge on any atom is 0.255 e. The van der Waals surface area contributed by atoms with Crippen molar-refractivity contribution in [3.05, 3.63) is 82.9 Å². The van der Waals surface area contributed by atoms with Gasteiger partial charge in [0, 0.05) is 16.8 Å². The summed E-state index contributed by atoms with van der Waals surface area (Å²) >= 11 is 0. The van der Waals surface area contributed by atoms with Gasteiger partial charge in [-0.05, 0) is 79.9 Å². The van der Waals surface area contributed by atoms with E-state index in [1.807, 2.05) is 81.4 Å². The number of oxazole rings is 1. The van der Waals surface area contributed by atoms with Gasteiger partial charge in [0.2, 0.25) is 5.89 Å². The van der Waals surface area contributed by atoms with Crippen molar-refractivity contribution in [2.24, 2.45) is 0 Å². The normalized spacial score (nSPS) is 10.9. The molecule has 0 bridgehead atoms. The van der Waals surface area contributed by atoms with Crippen LogP contribution in [0.5, 0.6) is 0 Å². The van der Waals surface area contributed by atoms with E-state index in [1.54, 1.807) is 0 Å². The van der Waals surface area contributed by atoms with Gasteiger partial charge in [-0.1, -0.05) is 18.2 Å². The molecule has 3 aromatic carbocycles. The topological polar surface area (TPSA) is 55.1 Å². The third-order valence-electron chi connectivity index (χ3n) is 4.68. The number of fused-ring (bicyclic) bond motifs is 1. The lowest BCUT2D eigenvalue weighted by Gasteiger charge is -2.08. The van der Waals surface area contributed by atoms with Crippen LogP contribution in [-0.4, -0.2) is 10.9 Å². The lowest BCUT2D eigenvalue weighted by atomic mass is 10.1. The first-order valence-electron chi connectivity index (χ1n) is 8.86. The number of rotatable bonds is 3. The highest BCUT2D eigenvalue weighted by molar-refractivity contribution is 6.04. The number of hydrogen-bond donors (Lipinski definition) is 1. The molecule has 0 unspecified atom stereocenters. The number of nitrogens with one attached hydrogen (secondary N) is 1. The minimum absolute atomic E-state index is 0.136. The SMILES string of the molecule is Cc1ccc2oc(-c3cccc(NC(=O)c4ccc(C)c(C)c4)c3)nc2c1. The predicted octanol–water partition coefficient (Wildman–Crippen LogP) is 5.67. The van der Waals surface area contributed by atoms with Crippen molar-refractivity contribution in [2.75, 3.05) is 5.32 Å². The summed E-state index contributed by atoms with van der Waals surface area (Å²) in [5, 5.41) is 2.95. The number of aryl methyl sites for hydroxylation is 3. The fourth-order valence-electron chi connectivity index (χ4n) is 2.98. The van der Waals surface area contributed by atoms with Crippen LogP contribution in [0.15, 0.2) is 65.1 Å². The van der Waals surface area contributed by atoms with Gasteiger partial charge in [-0.25, -0.2) is 4.98 Å². The average molecular weight is 356 g/mol. The number of carbonyl (C=O) groups is 1. The maximum atomic E-state index is 12.6. The Morgan fingerprint density at radius 2 is 1.78 bits per heavy atom. The minimum Gasteiger partial charge on any atom is -0.436 e. The zero-order chi connectivity index (χ0) is 19.0. The highest BCUT2D eigenvalue weighted by Crippen LogP contribution is 2.27. The summed E-state index contributed by atoms with van der Waals surface area (Å²) in [4.78, 5) is 17.1. The summed E-state index contributed by atoms with van der Waals surface area (Å²) in [7, 11) is 0. The van der Waals surface area contributed by atoms with Crippen LogP contribution in [-0.2, 0) is 0 Å². The number of hydrogen-bond acceptors (Lipinski definition) is 3. The molecule has 1 amide bonds. The molecule has 0 aliphatic heterocycles. The van der Waals surface area contributed by atoms with Crippen LogP contribution < -0.4 is 5.32 Å². The van der Waals surface area contributed by atoms with Gasteiger partial charge < -0.3 is 9.73 Å². The lowest BCUT2D eigenvalue weighted by Crippen LogP contribution is -2.12. The standard InChI is InChI=1S/C23H20N2O2/c1-14-7-10-21-20(11-14)25-23(27-21)18-5-4-6-19(13-18)24-22(26)17-9-8-15(2)16(3)12-17/h4-13H,1-3H3,(H,24,26). The Bertz CT molecular complexity index is 1160. The largest absolute Gasteiger partial charge is 0.436 e. The molecule has 27 heavy (non-hydrogen) atoms. The van der Waals surface area contributed by atoms with E-state index in [0.717, 1.165) is 27.8 Å². The van der Waals surface area contributed by atoms with Crippen molar-refractivity contribution < 1.29 is 9.21 Å². The van der Waals surface area contributed by atoms with E-state index in [0.29, 0.717) is 17.1 Å². The molecule has 0 atom stereocenters. The van der Waals surface area contributed by atoms with Gasteiger partial charge in [0.15, 0.2) is 5.58 Å². The quantitative estimate of drug-likeness (QED) is 0.514. The van der Waals surface area contributed by atoms with E-state index < -0.39 is 0 Å². The second-order valence-electron chi connectivity index (χ2n) is 6.82. The predicted molar refractivity (Wildman–Crippen MR) is 108 cm³/mol. The molecule has 4 nitrogen and oxygen atoms in total. The second kappa shape index (κ2) is 6.72. The number of carbonyl (C=O) groups excluding carboxylic acids is 1. The zero-order valence-corrected chi connectivity index (χ0v) is 15.5. The van der Waals surface area contributed by atoms with Crippen LogP contribution >= 0.6 is 0 Å². The Kier molecular flexibility index (Phi) is 4.24. The Morgan fingerprint density at radius 3 is 2.59 bits per heavy atom. The summed E-state index contributed by atoms with van der Waals surface area (Å²) < 4.78 is 5.86. The molecule has 1 N–H and O–H groups in total. The van der Waals surface area contributed by atoms with Gasteiger partial charge in [-0.2, -0.15) is 0 Å². The number of aromatic nitrogens is 1. The smallest absolute Gasteiger partial charge is 0.255 e. The van der Waals surface area contributed by atoms with Gasteiger partial charge in [0.05, 0.1) is 0 Å². The zero-order valence-electron chi connectivity index (χ0n) is 15.5. The van der Waals surface area contributed by atoms with Crippen LogP contribution in [0.2, 0.25) is 0 Å². The Labute approximate surface area is 157 Å². The first-order valence-corrected chi connectivity index (χ1v) is 8.86. The van der Waals surface area contributed by atoms with E-state index in [2.05, 4.69) is 10.3 Å². The van der Waals surface area contributed by atoms with Gasteiger partial charge in [0.1, 0.15) is 5.52 Å². The summed E-state index contributed by atoms with van der Waals surface area (Å²) in [6.07, 6.45) is 0. The molecule has 0 aliphatic carbocycles. The molecule has 0 aliphatic rings. The summed E-state index contributed by atoms with van der Waals surface area (Å²) in [5.41, 5.74) is 7.14. The summed E-state index contributed by atoms with van der Waals surface area (Å²) in [6, 6.07) is 19.1. The molecule has 4 aromatic rings. The molecule has 0 fully saturated rings. The number of anilines is 1. The van der Waals surface area contributed by atoms with Gasteiger partial charge in [0.25, 0.3) is 5.91 Å². The lowest BCUT2D eigenvalue weighted by molar-refractivity contribution is 0.102. The van der Waals surface area contributed by atoms with Crippen molar-refractivity contribution in [1.82, 2.24) is 4.98 Å². The molecule has 134 valence electrons. The highest BCUT2D eigenvalue weighted by atomic mass is 16.3. The van der Waals surface area contributed by atoms with Crippen LogP contribution in [0.3, 0.4) is 0 Å². The third-order valence-corrected chi connectivity index (χ3v) is 4.68. The fraction of sp³-hybridized carbons (Fsp3) is 0.130. The van der Waals surface area contributed by atoms with Crippen LogP contribution in [0, 0.1) is 20.8 Å². The molecule has 0 saturated heterocycles. The monoisotopic (exact) mass is 356 g/mol. The molecular formula is C23H20N2O2. The third kappa shape index (κ3) is 3.47. The van der Waals surface area contributed by atoms with Crippen LogP contribution in [0.25, 0.3) is 22.6 Å². The molecule has 1 heterocycles. The molecular weight excluding hydrogens is 336 g/mol. The Morgan fingerprint density at radius 1 is 0.926 bits per heavy atom. The first-order chi connectivity index (χ1) is 13.0. The summed E-state index contributed by atoms with van der Waals surface area (Å²) in [5.74, 6) is 0.404. The van der Waals surface area contributed by atoms with E-state index >= 15 is 0 Å². The van der Waals surface area contributed by atoms with Gasteiger partial charge >= 0.3 is 0 Å². The maximum absolute atomic E-state index is 12.6. The van der Waals surface area contributed by atoms with E-state index in [4.69, 9.17) is 4.42 Å².